The van der Waals surface area contributed by atoms with E-state index in [9.17, 15) is 28.1 Å². The minimum atomic E-state index is -3.74. The number of sulfonamides is 1. The molecule has 2 heterocycles. The van der Waals surface area contributed by atoms with Crippen LogP contribution in [0.25, 0.3) is 0 Å². The Hall–Kier alpha value is -2.86. The third-order valence-corrected chi connectivity index (χ3v) is 9.77. The molecule has 2 saturated heterocycles. The van der Waals surface area contributed by atoms with Gasteiger partial charge in [-0.2, -0.15) is 4.31 Å². The molecule has 1 N–H and O–H groups in total. The summed E-state index contributed by atoms with van der Waals surface area (Å²) in [6.45, 7) is 8.53. The predicted octanol–water partition coefficient (Wildman–Crippen LogP) is 1.70. The zero-order chi connectivity index (χ0) is 26.5. The highest BCUT2D eigenvalue weighted by Crippen LogP contribution is 2.33. The van der Waals surface area contributed by atoms with Gasteiger partial charge in [0, 0.05) is 12.1 Å². The van der Waals surface area contributed by atoms with Crippen LogP contribution in [0.4, 0.5) is 11.4 Å². The van der Waals surface area contributed by atoms with Crippen LogP contribution in [0.2, 0.25) is 5.02 Å². The molecule has 4 rings (SSSR count). The fourth-order valence-electron chi connectivity index (χ4n) is 5.05. The summed E-state index contributed by atoms with van der Waals surface area (Å²) in [7, 11) is -3.74. The SMILES string of the molecule is Cc1cc(C)c(C)c(S(=O)(=O)N2CC[NH+]([C@H]3CC(=O)N(c4cc([N+](=O)[O-])ccc4Cl)C3=O)CC2)c1C. The number of halogens is 1. The number of hydrogen-bond acceptors (Lipinski definition) is 6. The Morgan fingerprint density at radius 2 is 1.61 bits per heavy atom. The second kappa shape index (κ2) is 9.55. The Morgan fingerprint density at radius 1 is 1.03 bits per heavy atom. The zero-order valence-corrected chi connectivity index (χ0v) is 22.1. The first kappa shape index (κ1) is 26.2. The maximum Gasteiger partial charge on any atom is 0.292 e. The smallest absolute Gasteiger partial charge is 0.292 e. The number of imide groups is 1. The van der Waals surface area contributed by atoms with E-state index in [0.29, 0.717) is 18.0 Å². The van der Waals surface area contributed by atoms with Crippen LogP contribution in [-0.2, 0) is 19.6 Å². The van der Waals surface area contributed by atoms with Crippen molar-refractivity contribution in [3.05, 3.63) is 61.7 Å². The van der Waals surface area contributed by atoms with E-state index < -0.39 is 32.8 Å². The molecule has 2 amide bonds. The van der Waals surface area contributed by atoms with Crippen LogP contribution in [0.3, 0.4) is 0 Å². The molecular formula is C24H28ClN4O6S+. The number of anilines is 1. The number of nitro benzene ring substituents is 1. The molecule has 2 aliphatic heterocycles. The number of non-ortho nitro benzene ring substituents is 1. The summed E-state index contributed by atoms with van der Waals surface area (Å²) in [6.07, 6.45) is -0.0742. The van der Waals surface area contributed by atoms with E-state index in [1.165, 1.54) is 16.4 Å². The molecule has 0 saturated carbocycles. The van der Waals surface area contributed by atoms with Gasteiger partial charge in [-0.05, 0) is 56.0 Å². The van der Waals surface area contributed by atoms with Crippen molar-refractivity contribution in [3.8, 4) is 0 Å². The van der Waals surface area contributed by atoms with Crippen LogP contribution in [0.15, 0.2) is 29.2 Å². The van der Waals surface area contributed by atoms with Crippen LogP contribution in [-0.4, -0.2) is 61.7 Å². The number of piperazine rings is 1. The third-order valence-electron chi connectivity index (χ3n) is 7.28. The molecule has 1 atom stereocenters. The van der Waals surface area contributed by atoms with Crippen molar-refractivity contribution in [1.29, 1.82) is 0 Å². The number of quaternary nitrogens is 1. The number of nitrogens with one attached hydrogen (secondary N) is 1. The zero-order valence-electron chi connectivity index (χ0n) is 20.5. The molecule has 0 radical (unpaired) electrons. The summed E-state index contributed by atoms with van der Waals surface area (Å²) in [5.74, 6) is -0.980. The highest BCUT2D eigenvalue weighted by atomic mass is 35.5. The highest BCUT2D eigenvalue weighted by Gasteiger charge is 2.48. The number of nitro groups is 1. The van der Waals surface area contributed by atoms with E-state index in [2.05, 4.69) is 0 Å². The van der Waals surface area contributed by atoms with Crippen molar-refractivity contribution in [1.82, 2.24) is 4.31 Å². The Labute approximate surface area is 214 Å². The highest BCUT2D eigenvalue weighted by molar-refractivity contribution is 7.89. The molecular weight excluding hydrogens is 508 g/mol. The van der Waals surface area contributed by atoms with Crippen molar-refractivity contribution in [3.63, 3.8) is 0 Å². The molecule has 0 aliphatic carbocycles. The number of rotatable bonds is 5. The lowest BCUT2D eigenvalue weighted by Crippen LogP contribution is -3.19. The molecule has 192 valence electrons. The summed E-state index contributed by atoms with van der Waals surface area (Å²) in [4.78, 5) is 38.6. The van der Waals surface area contributed by atoms with Crippen molar-refractivity contribution >= 4 is 44.8 Å². The summed E-state index contributed by atoms with van der Waals surface area (Å²) < 4.78 is 28.6. The molecule has 10 nitrogen and oxygen atoms in total. The van der Waals surface area contributed by atoms with Gasteiger partial charge in [-0.3, -0.25) is 19.7 Å². The fraction of sp³-hybridized carbons (Fsp3) is 0.417. The third kappa shape index (κ3) is 4.40. The molecule has 0 aromatic heterocycles. The second-order valence-electron chi connectivity index (χ2n) is 9.37. The van der Waals surface area contributed by atoms with Gasteiger partial charge >= 0.3 is 0 Å². The summed E-state index contributed by atoms with van der Waals surface area (Å²) >= 11 is 6.17. The van der Waals surface area contributed by atoms with Crippen molar-refractivity contribution in [2.24, 2.45) is 0 Å². The first-order valence-corrected chi connectivity index (χ1v) is 13.4. The molecule has 0 unspecified atom stereocenters. The average molecular weight is 536 g/mol. The van der Waals surface area contributed by atoms with Gasteiger partial charge in [0.05, 0.1) is 53.1 Å². The van der Waals surface area contributed by atoms with E-state index in [-0.39, 0.29) is 35.9 Å². The number of carbonyl (C=O) groups excluding carboxylic acids is 2. The molecule has 2 fully saturated rings. The lowest BCUT2D eigenvalue weighted by atomic mass is 10.0. The van der Waals surface area contributed by atoms with Crippen LogP contribution in [0.5, 0.6) is 0 Å². The normalized spacial score (nSPS) is 19.8. The first-order chi connectivity index (χ1) is 16.8. The average Bonchev–Trinajstić information content (AvgIpc) is 3.11. The van der Waals surface area contributed by atoms with Crippen LogP contribution >= 0.6 is 11.6 Å². The molecule has 0 spiro atoms. The Bertz CT molecular complexity index is 1360. The van der Waals surface area contributed by atoms with Gasteiger partial charge in [0.25, 0.3) is 11.6 Å². The number of benzene rings is 2. The van der Waals surface area contributed by atoms with Gasteiger partial charge in [0.1, 0.15) is 0 Å². The maximum atomic E-state index is 13.6. The lowest BCUT2D eigenvalue weighted by molar-refractivity contribution is -0.918. The largest absolute Gasteiger partial charge is 0.322 e. The number of aryl methyl sites for hydroxylation is 2. The van der Waals surface area contributed by atoms with Gasteiger partial charge in [0.2, 0.25) is 15.9 Å². The molecule has 36 heavy (non-hydrogen) atoms. The maximum absolute atomic E-state index is 13.6. The van der Waals surface area contributed by atoms with Gasteiger partial charge in [0.15, 0.2) is 6.04 Å². The van der Waals surface area contributed by atoms with Gasteiger partial charge in [-0.15, -0.1) is 0 Å². The Balaban J connectivity index is 1.53. The fourth-order valence-corrected chi connectivity index (χ4v) is 7.27. The summed E-state index contributed by atoms with van der Waals surface area (Å²) in [5, 5.41) is 11.2. The minimum Gasteiger partial charge on any atom is -0.322 e. The lowest BCUT2D eigenvalue weighted by Gasteiger charge is -2.34. The number of amides is 2. The van der Waals surface area contributed by atoms with Crippen molar-refractivity contribution < 1.29 is 27.8 Å². The van der Waals surface area contributed by atoms with Crippen LogP contribution in [0, 0.1) is 37.8 Å². The number of carbonyl (C=O) groups is 2. The summed E-state index contributed by atoms with van der Waals surface area (Å²) in [5.41, 5.74) is 3.00. The molecule has 12 heteroatoms. The van der Waals surface area contributed by atoms with E-state index in [1.807, 2.05) is 33.8 Å². The molecule has 2 aliphatic rings. The van der Waals surface area contributed by atoms with E-state index in [4.69, 9.17) is 11.6 Å². The summed E-state index contributed by atoms with van der Waals surface area (Å²) in [6, 6.07) is 4.89. The van der Waals surface area contributed by atoms with Gasteiger partial charge in [-0.1, -0.05) is 17.7 Å². The predicted molar refractivity (Wildman–Crippen MR) is 134 cm³/mol. The molecule has 2 aromatic carbocycles. The number of nitrogens with zero attached hydrogens (tertiary/aromatic N) is 3. The van der Waals surface area contributed by atoms with Gasteiger partial charge < -0.3 is 4.90 Å². The van der Waals surface area contributed by atoms with E-state index in [1.54, 1.807) is 0 Å². The van der Waals surface area contributed by atoms with Crippen molar-refractivity contribution in [2.45, 2.75) is 45.1 Å². The van der Waals surface area contributed by atoms with Crippen LogP contribution < -0.4 is 9.80 Å². The first-order valence-electron chi connectivity index (χ1n) is 11.6. The number of hydrogen-bond donors (Lipinski definition) is 1. The topological polar surface area (TPSA) is 122 Å². The Morgan fingerprint density at radius 3 is 2.17 bits per heavy atom. The van der Waals surface area contributed by atoms with Crippen LogP contribution in [0.1, 0.15) is 28.7 Å². The minimum absolute atomic E-state index is 0.00949. The molecule has 0 bridgehead atoms. The van der Waals surface area contributed by atoms with E-state index >= 15 is 0 Å². The van der Waals surface area contributed by atoms with E-state index in [0.717, 1.165) is 38.1 Å². The quantitative estimate of drug-likeness (QED) is 0.353. The van der Waals surface area contributed by atoms with Gasteiger partial charge in [-0.25, -0.2) is 13.3 Å². The second-order valence-corrected chi connectivity index (χ2v) is 11.7. The monoisotopic (exact) mass is 535 g/mol. The standard InChI is InChI=1S/C24H27ClN4O6S/c1-14-11-15(2)17(4)23(16(14)3)36(34,35)27-9-7-26(8-10-27)21-13-22(30)28(24(21)31)20-12-18(29(32)33)5-6-19(20)25/h5-6,11-12,21H,7-10,13H2,1-4H3/p+1/t21-/m0/s1. The van der Waals surface area contributed by atoms with Crippen molar-refractivity contribution in [2.75, 3.05) is 31.1 Å². The molecule has 2 aromatic rings. The Kier molecular flexibility index (Phi) is 6.95.